The van der Waals surface area contributed by atoms with Crippen LogP contribution in [0.5, 0.6) is 0 Å². The van der Waals surface area contributed by atoms with Gasteiger partial charge in [0.05, 0.1) is 34.7 Å². The van der Waals surface area contributed by atoms with E-state index in [2.05, 4.69) is 7.95 Å². The Balaban J connectivity index is 2.77. The van der Waals surface area contributed by atoms with Gasteiger partial charge in [0.15, 0.2) is 0 Å². The molecule has 1 amide bonds. The molecule has 0 aliphatic carbocycles. The first-order chi connectivity index (χ1) is 4.34. The van der Waals surface area contributed by atoms with E-state index in [0.29, 0.717) is 5.56 Å². The van der Waals surface area contributed by atoms with Crippen LogP contribution in [0.2, 0.25) is 0 Å². The van der Waals surface area contributed by atoms with Crippen molar-refractivity contribution in [3.05, 3.63) is 24.2 Å². The van der Waals surface area contributed by atoms with Crippen molar-refractivity contribution in [1.29, 1.82) is 0 Å². The summed E-state index contributed by atoms with van der Waals surface area (Å²) in [6, 6.07) is 1.61. The molecule has 0 bridgehead atoms. The number of hydrogen-bond donors (Lipinski definition) is 1. The van der Waals surface area contributed by atoms with Gasteiger partial charge in [-0.2, -0.15) is 0 Å². The third-order valence-corrected chi connectivity index (χ3v) is 1.36. The van der Waals surface area contributed by atoms with Gasteiger partial charge >= 0.3 is 0 Å². The van der Waals surface area contributed by atoms with Gasteiger partial charge in [-0.3, -0.25) is 8.32 Å². The zero-order chi connectivity index (χ0) is 6.69. The zero-order valence-corrected chi connectivity index (χ0v) is 6.58. The lowest BCUT2D eigenvalue weighted by molar-refractivity contribution is 0.0989. The van der Waals surface area contributed by atoms with Crippen molar-refractivity contribution in [3.8, 4) is 0 Å². The average Bonchev–Trinajstić information content (AvgIpc) is 2.37. The molecule has 1 aromatic rings. The normalized spacial score (nSPS) is 9.00. The highest BCUT2D eigenvalue weighted by atomic mass is 127. The van der Waals surface area contributed by atoms with E-state index in [0.717, 1.165) is 0 Å². The number of carbonyl (C=O) groups is 1. The molecule has 0 fully saturated rings. The smallest absolute Gasteiger partial charge is 0.263 e. The molecular weight excluding hydrogens is 233 g/mol. The first-order valence-electron chi connectivity index (χ1n) is 2.28. The Morgan fingerprint density at radius 1 is 1.78 bits per heavy atom. The molecule has 1 aromatic heterocycles. The lowest BCUT2D eigenvalue weighted by atomic mass is 10.3. The summed E-state index contributed by atoms with van der Waals surface area (Å²) in [6.45, 7) is 0. The van der Waals surface area contributed by atoms with E-state index in [-0.39, 0.29) is 5.91 Å². The minimum absolute atomic E-state index is 0.135. The molecule has 0 saturated carbocycles. The summed E-state index contributed by atoms with van der Waals surface area (Å²) in [6.07, 6.45) is 2.86. The van der Waals surface area contributed by atoms with Crippen molar-refractivity contribution in [3.63, 3.8) is 0 Å². The number of amides is 1. The third-order valence-electron chi connectivity index (χ3n) is 0.869. The minimum Gasteiger partial charge on any atom is -0.472 e. The van der Waals surface area contributed by atoms with Crippen molar-refractivity contribution >= 4 is 28.8 Å². The first-order valence-corrected chi connectivity index (χ1v) is 3.35. The van der Waals surface area contributed by atoms with Crippen molar-refractivity contribution in [2.75, 3.05) is 0 Å². The molecule has 4 heteroatoms. The molecule has 1 rings (SSSR count). The van der Waals surface area contributed by atoms with Gasteiger partial charge in [0.1, 0.15) is 6.26 Å². The van der Waals surface area contributed by atoms with E-state index < -0.39 is 0 Å². The molecular formula is C5H4INO2. The lowest BCUT2D eigenvalue weighted by Crippen LogP contribution is -2.09. The first kappa shape index (κ1) is 6.60. The SMILES string of the molecule is O=C(NI)c1ccoc1. The maximum Gasteiger partial charge on any atom is 0.263 e. The van der Waals surface area contributed by atoms with Crippen LogP contribution in [0.3, 0.4) is 0 Å². The quantitative estimate of drug-likeness (QED) is 0.591. The highest BCUT2D eigenvalue weighted by molar-refractivity contribution is 14.1. The summed E-state index contributed by atoms with van der Waals surface area (Å²) < 4.78 is 7.11. The molecule has 48 valence electrons. The van der Waals surface area contributed by atoms with Gasteiger partial charge in [0.25, 0.3) is 5.91 Å². The van der Waals surface area contributed by atoms with E-state index in [1.165, 1.54) is 12.5 Å². The number of carbonyl (C=O) groups excluding carboxylic acids is 1. The Labute approximate surface area is 65.9 Å². The van der Waals surface area contributed by atoms with Gasteiger partial charge in [-0.05, 0) is 6.07 Å². The van der Waals surface area contributed by atoms with Crippen molar-refractivity contribution in [2.45, 2.75) is 0 Å². The monoisotopic (exact) mass is 237 g/mol. The lowest BCUT2D eigenvalue weighted by Gasteiger charge is -1.87. The minimum atomic E-state index is -0.135. The number of rotatable bonds is 1. The molecule has 0 radical (unpaired) electrons. The van der Waals surface area contributed by atoms with Gasteiger partial charge in [0, 0.05) is 0 Å². The van der Waals surface area contributed by atoms with Crippen LogP contribution in [0, 0.1) is 0 Å². The largest absolute Gasteiger partial charge is 0.472 e. The van der Waals surface area contributed by atoms with Gasteiger partial charge < -0.3 is 4.42 Å². The van der Waals surface area contributed by atoms with Crippen LogP contribution in [-0.4, -0.2) is 5.91 Å². The summed E-state index contributed by atoms with van der Waals surface area (Å²) >= 11 is 1.77. The molecule has 0 aromatic carbocycles. The molecule has 3 nitrogen and oxygen atoms in total. The highest BCUT2D eigenvalue weighted by Crippen LogP contribution is 1.99. The number of halogens is 1. The molecule has 0 spiro atoms. The van der Waals surface area contributed by atoms with Crippen LogP contribution >= 0.6 is 22.9 Å². The average molecular weight is 237 g/mol. The Bertz CT molecular complexity index is 195. The predicted octanol–water partition coefficient (Wildman–Crippen LogP) is 1.36. The van der Waals surface area contributed by atoms with Crippen LogP contribution in [0.4, 0.5) is 0 Å². The number of nitrogens with one attached hydrogen (secondary N) is 1. The summed E-state index contributed by atoms with van der Waals surface area (Å²) in [5, 5.41) is 0. The molecule has 0 saturated heterocycles. The fourth-order valence-corrected chi connectivity index (χ4v) is 0.760. The van der Waals surface area contributed by atoms with Gasteiger partial charge in [0.2, 0.25) is 0 Å². The Morgan fingerprint density at radius 3 is 3.00 bits per heavy atom. The summed E-state index contributed by atoms with van der Waals surface area (Å²) in [5.74, 6) is -0.135. The summed E-state index contributed by atoms with van der Waals surface area (Å²) in [7, 11) is 0. The molecule has 0 aliphatic heterocycles. The fourth-order valence-electron chi connectivity index (χ4n) is 0.448. The Kier molecular flexibility index (Phi) is 2.10. The molecule has 9 heavy (non-hydrogen) atoms. The second kappa shape index (κ2) is 2.86. The second-order valence-electron chi connectivity index (χ2n) is 1.44. The summed E-state index contributed by atoms with van der Waals surface area (Å²) in [4.78, 5) is 10.7. The highest BCUT2D eigenvalue weighted by Gasteiger charge is 2.02. The fraction of sp³-hybridized carbons (Fsp3) is 0. The van der Waals surface area contributed by atoms with Crippen LogP contribution < -0.4 is 3.53 Å². The van der Waals surface area contributed by atoms with E-state index in [1.807, 2.05) is 0 Å². The van der Waals surface area contributed by atoms with Gasteiger partial charge in [-0.25, -0.2) is 0 Å². The Hall–Kier alpha value is -0.520. The summed E-state index contributed by atoms with van der Waals surface area (Å²) in [5.41, 5.74) is 0.546. The number of furan rings is 1. The predicted molar refractivity (Wildman–Crippen MR) is 40.2 cm³/mol. The molecule has 1 N–H and O–H groups in total. The van der Waals surface area contributed by atoms with Crippen LogP contribution in [0.1, 0.15) is 10.4 Å². The molecule has 0 atom stereocenters. The van der Waals surface area contributed by atoms with E-state index in [9.17, 15) is 4.79 Å². The van der Waals surface area contributed by atoms with Crippen LogP contribution in [0.15, 0.2) is 23.0 Å². The van der Waals surface area contributed by atoms with Crippen molar-refractivity contribution in [1.82, 2.24) is 3.53 Å². The van der Waals surface area contributed by atoms with E-state index in [1.54, 1.807) is 28.9 Å². The molecule has 1 heterocycles. The van der Waals surface area contributed by atoms with Crippen molar-refractivity contribution in [2.24, 2.45) is 0 Å². The van der Waals surface area contributed by atoms with E-state index >= 15 is 0 Å². The zero-order valence-electron chi connectivity index (χ0n) is 4.43. The van der Waals surface area contributed by atoms with Crippen LogP contribution in [0.25, 0.3) is 0 Å². The third kappa shape index (κ3) is 1.44. The van der Waals surface area contributed by atoms with E-state index in [4.69, 9.17) is 0 Å². The molecule has 0 unspecified atom stereocenters. The van der Waals surface area contributed by atoms with Gasteiger partial charge in [-0.1, -0.05) is 0 Å². The van der Waals surface area contributed by atoms with Gasteiger partial charge in [-0.15, -0.1) is 0 Å². The Morgan fingerprint density at radius 2 is 2.56 bits per heavy atom. The topological polar surface area (TPSA) is 42.2 Å². The maximum atomic E-state index is 10.7. The maximum absolute atomic E-state index is 10.7. The second-order valence-corrected chi connectivity index (χ2v) is 1.98. The number of hydrogen-bond acceptors (Lipinski definition) is 2. The van der Waals surface area contributed by atoms with Crippen LogP contribution in [-0.2, 0) is 0 Å². The molecule has 0 aliphatic rings. The van der Waals surface area contributed by atoms with Crippen molar-refractivity contribution < 1.29 is 9.21 Å². The standard InChI is InChI=1S/C5H4INO2/c6-7-5(8)4-1-2-9-3-4/h1-3H,(H,7,8).